The van der Waals surface area contributed by atoms with Gasteiger partial charge >= 0.3 is 6.03 Å². The average Bonchev–Trinajstić information content (AvgIpc) is 3.07. The zero-order valence-corrected chi connectivity index (χ0v) is 13.8. The van der Waals surface area contributed by atoms with Crippen LogP contribution >= 0.6 is 0 Å². The normalized spacial score (nSPS) is 12.2. The molecule has 1 heterocycles. The number of aliphatic hydroxyl groups is 1. The minimum absolute atomic E-state index is 0.0364. The van der Waals surface area contributed by atoms with Gasteiger partial charge in [-0.15, -0.1) is 0 Å². The van der Waals surface area contributed by atoms with Crippen molar-refractivity contribution in [1.29, 1.82) is 0 Å². The Morgan fingerprint density at radius 2 is 2.12 bits per heavy atom. The molecule has 0 radical (unpaired) electrons. The molecule has 1 aromatic heterocycles. The van der Waals surface area contributed by atoms with E-state index in [1.165, 1.54) is 12.3 Å². The number of furan rings is 1. The quantitative estimate of drug-likeness (QED) is 0.723. The first-order valence-electron chi connectivity index (χ1n) is 7.61. The number of urea groups is 1. The Bertz CT molecular complexity index is 659. The number of amides is 2. The molecule has 0 aliphatic rings. The van der Waals surface area contributed by atoms with Gasteiger partial charge in [-0.1, -0.05) is 6.07 Å². The number of nitrogens with zero attached hydrogens (tertiary/aromatic N) is 1. The van der Waals surface area contributed by atoms with Crippen LogP contribution in [0, 0.1) is 5.82 Å². The summed E-state index contributed by atoms with van der Waals surface area (Å²) in [5, 5.41) is 15.0. The monoisotopic (exact) mass is 335 g/mol. The Morgan fingerprint density at radius 1 is 1.33 bits per heavy atom. The first kappa shape index (κ1) is 18.0. The molecule has 1 aromatic carbocycles. The van der Waals surface area contributed by atoms with Crippen molar-refractivity contribution in [3.63, 3.8) is 0 Å². The maximum atomic E-state index is 13.7. The van der Waals surface area contributed by atoms with Crippen LogP contribution in [-0.4, -0.2) is 36.7 Å². The van der Waals surface area contributed by atoms with Crippen molar-refractivity contribution in [2.24, 2.45) is 0 Å². The van der Waals surface area contributed by atoms with Gasteiger partial charge in [0.05, 0.1) is 12.8 Å². The Balaban J connectivity index is 1.81. The molecule has 0 aliphatic heterocycles. The van der Waals surface area contributed by atoms with Crippen LogP contribution in [0.15, 0.2) is 41.0 Å². The Kier molecular flexibility index (Phi) is 6.34. The van der Waals surface area contributed by atoms with Gasteiger partial charge in [0.2, 0.25) is 0 Å². The van der Waals surface area contributed by atoms with E-state index in [9.17, 15) is 14.3 Å². The van der Waals surface area contributed by atoms with E-state index < -0.39 is 12.1 Å². The minimum atomic E-state index is -0.900. The molecule has 2 rings (SSSR count). The third-order valence-electron chi connectivity index (χ3n) is 3.38. The highest BCUT2D eigenvalue weighted by Crippen LogP contribution is 2.13. The van der Waals surface area contributed by atoms with E-state index in [1.54, 1.807) is 24.3 Å². The van der Waals surface area contributed by atoms with Gasteiger partial charge in [0.1, 0.15) is 17.7 Å². The molecule has 0 aliphatic carbocycles. The second-order valence-electron chi connectivity index (χ2n) is 5.76. The first-order chi connectivity index (χ1) is 11.5. The maximum absolute atomic E-state index is 13.7. The van der Waals surface area contributed by atoms with Gasteiger partial charge < -0.3 is 25.1 Å². The number of rotatable bonds is 7. The fourth-order valence-corrected chi connectivity index (χ4v) is 2.22. The van der Waals surface area contributed by atoms with Crippen LogP contribution in [0.4, 0.5) is 9.18 Å². The number of carbonyl (C=O) groups excluding carboxylic acids is 1. The molecule has 0 saturated carbocycles. The standard InChI is InChI=1S/C17H22FN3O3/c1-21(2)11-13-8-12(5-6-14(13)18)9-19-17(23)20-10-15(22)16-4-3-7-24-16/h3-8,15,22H,9-11H2,1-2H3,(H2,19,20,23). The van der Waals surface area contributed by atoms with Gasteiger partial charge in [-0.2, -0.15) is 0 Å². The molecular formula is C17H22FN3O3. The second kappa shape index (κ2) is 8.47. The number of hydrogen-bond donors (Lipinski definition) is 3. The van der Waals surface area contributed by atoms with Gasteiger partial charge in [-0.3, -0.25) is 0 Å². The molecule has 3 N–H and O–H groups in total. The molecule has 1 unspecified atom stereocenters. The minimum Gasteiger partial charge on any atom is -0.467 e. The van der Waals surface area contributed by atoms with Gasteiger partial charge in [0.25, 0.3) is 0 Å². The lowest BCUT2D eigenvalue weighted by Crippen LogP contribution is -2.37. The average molecular weight is 335 g/mol. The van der Waals surface area contributed by atoms with E-state index in [0.717, 1.165) is 5.56 Å². The van der Waals surface area contributed by atoms with Crippen LogP contribution in [0.5, 0.6) is 0 Å². The zero-order chi connectivity index (χ0) is 17.5. The van der Waals surface area contributed by atoms with Crippen molar-refractivity contribution < 1.29 is 18.7 Å². The van der Waals surface area contributed by atoms with Gasteiger partial charge in [0.15, 0.2) is 0 Å². The molecule has 0 bridgehead atoms. The summed E-state index contributed by atoms with van der Waals surface area (Å²) in [7, 11) is 3.73. The molecule has 1 atom stereocenters. The Morgan fingerprint density at radius 3 is 2.79 bits per heavy atom. The summed E-state index contributed by atoms with van der Waals surface area (Å²) in [6.45, 7) is 0.791. The molecule has 7 heteroatoms. The Hall–Kier alpha value is -2.38. The molecule has 0 fully saturated rings. The molecule has 2 aromatic rings. The van der Waals surface area contributed by atoms with Crippen molar-refractivity contribution in [2.75, 3.05) is 20.6 Å². The molecule has 2 amide bonds. The summed E-state index contributed by atoms with van der Waals surface area (Å²) >= 11 is 0. The highest BCUT2D eigenvalue weighted by atomic mass is 19.1. The smallest absolute Gasteiger partial charge is 0.315 e. The highest BCUT2D eigenvalue weighted by Gasteiger charge is 2.12. The van der Waals surface area contributed by atoms with Crippen molar-refractivity contribution in [2.45, 2.75) is 19.2 Å². The summed E-state index contributed by atoms with van der Waals surface area (Å²) < 4.78 is 18.8. The molecular weight excluding hydrogens is 313 g/mol. The van der Waals surface area contributed by atoms with Crippen LogP contribution in [0.3, 0.4) is 0 Å². The predicted molar refractivity (Wildman–Crippen MR) is 87.7 cm³/mol. The van der Waals surface area contributed by atoms with E-state index in [-0.39, 0.29) is 18.9 Å². The van der Waals surface area contributed by atoms with E-state index in [1.807, 2.05) is 19.0 Å². The largest absolute Gasteiger partial charge is 0.467 e. The first-order valence-corrected chi connectivity index (χ1v) is 7.61. The van der Waals surface area contributed by atoms with E-state index >= 15 is 0 Å². The molecule has 0 spiro atoms. The molecule has 24 heavy (non-hydrogen) atoms. The van der Waals surface area contributed by atoms with Crippen LogP contribution in [0.1, 0.15) is 23.0 Å². The van der Waals surface area contributed by atoms with Crippen LogP contribution in [0.25, 0.3) is 0 Å². The summed E-state index contributed by atoms with van der Waals surface area (Å²) in [5.41, 5.74) is 1.38. The molecule has 6 nitrogen and oxygen atoms in total. The molecule has 130 valence electrons. The van der Waals surface area contributed by atoms with E-state index in [0.29, 0.717) is 17.9 Å². The maximum Gasteiger partial charge on any atom is 0.315 e. The fraction of sp³-hybridized carbons (Fsp3) is 0.353. The zero-order valence-electron chi connectivity index (χ0n) is 13.8. The van der Waals surface area contributed by atoms with Crippen molar-refractivity contribution >= 4 is 6.03 Å². The summed E-state index contributed by atoms with van der Waals surface area (Å²) in [6.07, 6.45) is 0.557. The predicted octanol–water partition coefficient (Wildman–Crippen LogP) is 2.01. The van der Waals surface area contributed by atoms with E-state index in [2.05, 4.69) is 10.6 Å². The number of benzene rings is 1. The van der Waals surface area contributed by atoms with Gasteiger partial charge in [0, 0.05) is 18.7 Å². The second-order valence-corrected chi connectivity index (χ2v) is 5.76. The van der Waals surface area contributed by atoms with Crippen molar-refractivity contribution in [1.82, 2.24) is 15.5 Å². The summed E-state index contributed by atoms with van der Waals surface area (Å²) in [5.74, 6) is 0.126. The number of halogens is 1. The van der Waals surface area contributed by atoms with Gasteiger partial charge in [-0.05, 0) is 43.9 Å². The van der Waals surface area contributed by atoms with E-state index in [4.69, 9.17) is 4.42 Å². The highest BCUT2D eigenvalue weighted by molar-refractivity contribution is 5.73. The summed E-state index contributed by atoms with van der Waals surface area (Å²) in [4.78, 5) is 13.6. The third kappa shape index (κ3) is 5.36. The van der Waals surface area contributed by atoms with Crippen LogP contribution in [-0.2, 0) is 13.1 Å². The van der Waals surface area contributed by atoms with Gasteiger partial charge in [-0.25, -0.2) is 9.18 Å². The number of nitrogens with one attached hydrogen (secondary N) is 2. The lowest BCUT2D eigenvalue weighted by molar-refractivity contribution is 0.148. The topological polar surface area (TPSA) is 77.7 Å². The van der Waals surface area contributed by atoms with Crippen LogP contribution in [0.2, 0.25) is 0 Å². The number of carbonyl (C=O) groups is 1. The SMILES string of the molecule is CN(C)Cc1cc(CNC(=O)NCC(O)c2ccco2)ccc1F. The lowest BCUT2D eigenvalue weighted by atomic mass is 10.1. The summed E-state index contributed by atoms with van der Waals surface area (Å²) in [6, 6.07) is 7.64. The lowest BCUT2D eigenvalue weighted by Gasteiger charge is -2.13. The van der Waals surface area contributed by atoms with Crippen molar-refractivity contribution in [3.8, 4) is 0 Å². The Labute approximate surface area is 140 Å². The molecule has 0 saturated heterocycles. The van der Waals surface area contributed by atoms with Crippen molar-refractivity contribution in [3.05, 3.63) is 59.3 Å². The fourth-order valence-electron chi connectivity index (χ4n) is 2.22. The van der Waals surface area contributed by atoms with Crippen LogP contribution < -0.4 is 10.6 Å². The number of hydrogen-bond acceptors (Lipinski definition) is 4. The third-order valence-corrected chi connectivity index (χ3v) is 3.38. The number of aliphatic hydroxyl groups excluding tert-OH is 1.